The lowest BCUT2D eigenvalue weighted by molar-refractivity contribution is 0.0657. The van der Waals surface area contributed by atoms with E-state index >= 15 is 0 Å². The summed E-state index contributed by atoms with van der Waals surface area (Å²) in [4.78, 5) is 20.8. The van der Waals surface area contributed by atoms with E-state index in [1.165, 1.54) is 11.8 Å². The van der Waals surface area contributed by atoms with Crippen molar-refractivity contribution >= 4 is 11.9 Å². The fourth-order valence-corrected chi connectivity index (χ4v) is 3.44. The van der Waals surface area contributed by atoms with E-state index < -0.39 is 0 Å². The van der Waals surface area contributed by atoms with Crippen molar-refractivity contribution in [2.24, 2.45) is 4.99 Å². The van der Waals surface area contributed by atoms with Gasteiger partial charge in [-0.15, -0.1) is 0 Å². The van der Waals surface area contributed by atoms with Gasteiger partial charge in [0.1, 0.15) is 5.75 Å². The number of amides is 1. The number of benzene rings is 1. The molecule has 1 aromatic heterocycles. The Balaban J connectivity index is 1.53. The molecule has 2 aromatic rings. The minimum Gasteiger partial charge on any atom is -0.496 e. The monoisotopic (exact) mass is 384 g/mol. The number of piperazine rings is 1. The van der Waals surface area contributed by atoms with Crippen molar-refractivity contribution in [3.63, 3.8) is 0 Å². The lowest BCUT2D eigenvalue weighted by Gasteiger charge is -2.36. The Morgan fingerprint density at radius 1 is 1.18 bits per heavy atom. The van der Waals surface area contributed by atoms with Gasteiger partial charge in [0.15, 0.2) is 11.7 Å². The second kappa shape index (κ2) is 9.30. The highest BCUT2D eigenvalue weighted by atomic mass is 16.5. The van der Waals surface area contributed by atoms with E-state index in [4.69, 9.17) is 9.15 Å². The molecule has 7 heteroatoms. The average Bonchev–Trinajstić information content (AvgIpc) is 3.29. The summed E-state index contributed by atoms with van der Waals surface area (Å²) >= 11 is 0. The standard InChI is InChI=1S/C21H28N4O3/c1-16(17-7-4-5-8-18(17)27-3)15-23-21(22-2)25-12-10-24(11-13-25)20(26)19-9-6-14-28-19/h4-9,14,16H,10-13,15H2,1-3H3,(H,22,23). The zero-order valence-corrected chi connectivity index (χ0v) is 16.7. The predicted molar refractivity (Wildman–Crippen MR) is 109 cm³/mol. The number of carbonyl (C=O) groups is 1. The predicted octanol–water partition coefficient (Wildman–Crippen LogP) is 2.43. The molecule has 150 valence electrons. The molecule has 0 spiro atoms. The molecule has 1 aliphatic rings. The molecule has 0 radical (unpaired) electrons. The number of carbonyl (C=O) groups excluding carboxylic acids is 1. The number of para-hydroxylation sites is 1. The molecule has 1 unspecified atom stereocenters. The molecule has 7 nitrogen and oxygen atoms in total. The van der Waals surface area contributed by atoms with Crippen LogP contribution < -0.4 is 10.1 Å². The van der Waals surface area contributed by atoms with Gasteiger partial charge in [0.25, 0.3) is 5.91 Å². The second-order valence-corrected chi connectivity index (χ2v) is 6.83. The van der Waals surface area contributed by atoms with Gasteiger partial charge in [0, 0.05) is 45.7 Å². The molecular weight excluding hydrogens is 356 g/mol. The van der Waals surface area contributed by atoms with Gasteiger partial charge in [-0.05, 0) is 23.8 Å². The van der Waals surface area contributed by atoms with Crippen LogP contribution in [0, 0.1) is 0 Å². The third kappa shape index (κ3) is 4.47. The number of nitrogens with one attached hydrogen (secondary N) is 1. The maximum absolute atomic E-state index is 12.4. The van der Waals surface area contributed by atoms with E-state index in [0.29, 0.717) is 18.8 Å². The highest BCUT2D eigenvalue weighted by molar-refractivity contribution is 5.91. The quantitative estimate of drug-likeness (QED) is 0.633. The summed E-state index contributed by atoms with van der Waals surface area (Å²) in [7, 11) is 3.48. The van der Waals surface area contributed by atoms with Crippen molar-refractivity contribution in [2.75, 3.05) is 46.9 Å². The zero-order chi connectivity index (χ0) is 19.9. The highest BCUT2D eigenvalue weighted by Gasteiger charge is 2.25. The van der Waals surface area contributed by atoms with Crippen LogP contribution in [0.2, 0.25) is 0 Å². The first-order valence-corrected chi connectivity index (χ1v) is 9.55. The lowest BCUT2D eigenvalue weighted by atomic mass is 10.0. The Kier molecular flexibility index (Phi) is 6.57. The van der Waals surface area contributed by atoms with Crippen LogP contribution in [-0.2, 0) is 0 Å². The normalized spacial score (nSPS) is 16.0. The van der Waals surface area contributed by atoms with Gasteiger partial charge in [-0.2, -0.15) is 0 Å². The maximum Gasteiger partial charge on any atom is 0.289 e. The van der Waals surface area contributed by atoms with E-state index in [9.17, 15) is 4.79 Å². The minimum absolute atomic E-state index is 0.0580. The van der Waals surface area contributed by atoms with Crippen molar-refractivity contribution in [3.8, 4) is 5.75 Å². The molecule has 0 bridgehead atoms. The third-order valence-corrected chi connectivity index (χ3v) is 5.05. The number of nitrogens with zero attached hydrogens (tertiary/aromatic N) is 3. The van der Waals surface area contributed by atoms with E-state index in [1.807, 2.05) is 23.1 Å². The van der Waals surface area contributed by atoms with E-state index in [0.717, 1.165) is 31.3 Å². The Morgan fingerprint density at radius 2 is 1.89 bits per heavy atom. The van der Waals surface area contributed by atoms with Crippen molar-refractivity contribution in [3.05, 3.63) is 54.0 Å². The first-order chi connectivity index (χ1) is 13.6. The average molecular weight is 384 g/mol. The highest BCUT2D eigenvalue weighted by Crippen LogP contribution is 2.25. The van der Waals surface area contributed by atoms with E-state index in [2.05, 4.69) is 28.2 Å². The molecule has 1 N–H and O–H groups in total. The van der Waals surface area contributed by atoms with Crippen LogP contribution in [0.4, 0.5) is 0 Å². The van der Waals surface area contributed by atoms with Crippen LogP contribution in [-0.4, -0.2) is 68.5 Å². The van der Waals surface area contributed by atoms with Gasteiger partial charge in [-0.25, -0.2) is 0 Å². The number of furan rings is 1. The fourth-order valence-electron chi connectivity index (χ4n) is 3.44. The van der Waals surface area contributed by atoms with Crippen molar-refractivity contribution < 1.29 is 13.9 Å². The van der Waals surface area contributed by atoms with Crippen LogP contribution in [0.3, 0.4) is 0 Å². The van der Waals surface area contributed by atoms with Gasteiger partial charge >= 0.3 is 0 Å². The Hall–Kier alpha value is -2.96. The molecule has 3 rings (SSSR count). The minimum atomic E-state index is -0.0580. The molecule has 2 heterocycles. The van der Waals surface area contributed by atoms with Gasteiger partial charge in [0.2, 0.25) is 0 Å². The summed E-state index contributed by atoms with van der Waals surface area (Å²) in [6.07, 6.45) is 1.53. The summed E-state index contributed by atoms with van der Waals surface area (Å²) in [5.74, 6) is 2.36. The van der Waals surface area contributed by atoms with E-state index in [-0.39, 0.29) is 11.8 Å². The Morgan fingerprint density at radius 3 is 2.54 bits per heavy atom. The summed E-state index contributed by atoms with van der Waals surface area (Å²) < 4.78 is 10.7. The van der Waals surface area contributed by atoms with Crippen LogP contribution in [0.1, 0.15) is 29.0 Å². The number of methoxy groups -OCH3 is 1. The van der Waals surface area contributed by atoms with E-state index in [1.54, 1.807) is 26.3 Å². The maximum atomic E-state index is 12.4. The van der Waals surface area contributed by atoms with Crippen LogP contribution in [0.25, 0.3) is 0 Å². The van der Waals surface area contributed by atoms with Gasteiger partial charge in [-0.3, -0.25) is 9.79 Å². The number of hydrogen-bond donors (Lipinski definition) is 1. The molecule has 1 saturated heterocycles. The molecule has 1 atom stereocenters. The van der Waals surface area contributed by atoms with Crippen LogP contribution in [0.5, 0.6) is 5.75 Å². The Bertz CT molecular complexity index is 796. The number of hydrogen-bond acceptors (Lipinski definition) is 4. The first kappa shape index (κ1) is 19.8. The van der Waals surface area contributed by atoms with Gasteiger partial charge < -0.3 is 24.3 Å². The molecule has 1 aliphatic heterocycles. The number of aliphatic imine (C=N–C) groups is 1. The fraction of sp³-hybridized carbons (Fsp3) is 0.429. The number of ether oxygens (including phenoxy) is 1. The van der Waals surface area contributed by atoms with Gasteiger partial charge in [0.05, 0.1) is 13.4 Å². The molecule has 28 heavy (non-hydrogen) atoms. The molecule has 1 fully saturated rings. The Labute approximate surface area is 166 Å². The zero-order valence-electron chi connectivity index (χ0n) is 16.7. The van der Waals surface area contributed by atoms with Crippen LogP contribution >= 0.6 is 0 Å². The van der Waals surface area contributed by atoms with Gasteiger partial charge in [-0.1, -0.05) is 25.1 Å². The largest absolute Gasteiger partial charge is 0.496 e. The summed E-state index contributed by atoms with van der Waals surface area (Å²) in [6, 6.07) is 11.5. The molecule has 1 aromatic carbocycles. The van der Waals surface area contributed by atoms with Crippen molar-refractivity contribution in [1.82, 2.24) is 15.1 Å². The molecule has 0 saturated carbocycles. The lowest BCUT2D eigenvalue weighted by Crippen LogP contribution is -2.54. The smallest absolute Gasteiger partial charge is 0.289 e. The third-order valence-electron chi connectivity index (χ3n) is 5.05. The summed E-state index contributed by atoms with van der Waals surface area (Å²) in [5.41, 5.74) is 1.17. The second-order valence-electron chi connectivity index (χ2n) is 6.83. The number of rotatable bonds is 5. The SMILES string of the molecule is CN=C(NCC(C)c1ccccc1OC)N1CCN(C(=O)c2ccco2)CC1. The van der Waals surface area contributed by atoms with Crippen molar-refractivity contribution in [2.45, 2.75) is 12.8 Å². The van der Waals surface area contributed by atoms with Crippen LogP contribution in [0.15, 0.2) is 52.1 Å². The topological polar surface area (TPSA) is 70.3 Å². The summed E-state index contributed by atoms with van der Waals surface area (Å²) in [6.45, 7) is 5.66. The summed E-state index contributed by atoms with van der Waals surface area (Å²) in [5, 5.41) is 3.46. The van der Waals surface area contributed by atoms with Crippen molar-refractivity contribution in [1.29, 1.82) is 0 Å². The molecule has 0 aliphatic carbocycles. The first-order valence-electron chi connectivity index (χ1n) is 9.55. The molecule has 1 amide bonds. The number of guanidine groups is 1. The molecular formula is C21H28N4O3.